The highest BCUT2D eigenvalue weighted by atomic mass is 127. The van der Waals surface area contributed by atoms with Gasteiger partial charge in [0.15, 0.2) is 11.5 Å². The van der Waals surface area contributed by atoms with Gasteiger partial charge >= 0.3 is 5.97 Å². The molecule has 1 amide bonds. The number of rotatable bonds is 5. The summed E-state index contributed by atoms with van der Waals surface area (Å²) in [6.45, 7) is 0.152. The van der Waals surface area contributed by atoms with Gasteiger partial charge < -0.3 is 19.9 Å². The van der Waals surface area contributed by atoms with E-state index < -0.39 is 9.89 Å². The Kier molecular flexibility index (Phi) is 5.87. The number of nitrogens with one attached hydrogen (secondary N) is 1. The van der Waals surface area contributed by atoms with Gasteiger partial charge in [-0.15, -0.1) is 0 Å². The van der Waals surface area contributed by atoms with Crippen molar-refractivity contribution in [1.82, 2.24) is 5.32 Å². The quantitative estimate of drug-likeness (QED) is 0.455. The Morgan fingerprint density at radius 1 is 1.42 bits per heavy atom. The summed E-state index contributed by atoms with van der Waals surface area (Å²) in [5, 5.41) is 12.1. The molecule has 1 atom stereocenters. The Labute approximate surface area is 124 Å². The van der Waals surface area contributed by atoms with Crippen LogP contribution in [0.1, 0.15) is 10.4 Å². The molecule has 1 rings (SSSR count). The first-order chi connectivity index (χ1) is 8.99. The zero-order chi connectivity index (χ0) is 14.4. The number of amides is 1. The van der Waals surface area contributed by atoms with Crippen LogP contribution < -0.4 is 10.1 Å². The Balaban J connectivity index is 2.64. The monoisotopic (exact) mass is 379 g/mol. The second-order valence-electron chi connectivity index (χ2n) is 3.59. The molecule has 1 aromatic rings. The second-order valence-corrected chi connectivity index (χ2v) is 5.09. The van der Waals surface area contributed by atoms with Crippen molar-refractivity contribution in [3.8, 4) is 11.5 Å². The molecule has 0 fully saturated rings. The molecular formula is C12H14INO5. The summed E-state index contributed by atoms with van der Waals surface area (Å²) < 4.78 is 8.97. The van der Waals surface area contributed by atoms with Gasteiger partial charge in [-0.1, -0.05) is 22.6 Å². The molecule has 0 aliphatic carbocycles. The number of hydrogen-bond acceptors (Lipinski definition) is 5. The van der Waals surface area contributed by atoms with Crippen LogP contribution in [0.5, 0.6) is 11.5 Å². The van der Waals surface area contributed by atoms with Gasteiger partial charge in [0.05, 0.1) is 14.2 Å². The minimum absolute atomic E-state index is 0.117. The van der Waals surface area contributed by atoms with Crippen LogP contribution in [0, 0.1) is 0 Å². The molecule has 2 N–H and O–H groups in total. The molecular weight excluding hydrogens is 365 g/mol. The van der Waals surface area contributed by atoms with Gasteiger partial charge in [0.25, 0.3) is 5.91 Å². The highest BCUT2D eigenvalue weighted by Gasteiger charge is 2.17. The number of aromatic hydroxyl groups is 1. The fraction of sp³-hybridized carbons (Fsp3) is 0.333. The summed E-state index contributed by atoms with van der Waals surface area (Å²) in [4.78, 5) is 23.0. The number of alkyl halides is 1. The van der Waals surface area contributed by atoms with Crippen molar-refractivity contribution in [3.63, 3.8) is 0 Å². The number of hydrogen-bond donors (Lipinski definition) is 2. The Morgan fingerprint density at radius 3 is 2.63 bits per heavy atom. The van der Waals surface area contributed by atoms with Crippen LogP contribution in [0.4, 0.5) is 0 Å². The third-order valence-electron chi connectivity index (χ3n) is 2.34. The molecule has 0 spiro atoms. The highest BCUT2D eigenvalue weighted by molar-refractivity contribution is 14.1. The third-order valence-corrected chi connectivity index (χ3v) is 3.29. The van der Waals surface area contributed by atoms with Crippen LogP contribution in [0.25, 0.3) is 0 Å². The number of ether oxygens (including phenoxy) is 2. The summed E-state index contributed by atoms with van der Waals surface area (Å²) in [6.07, 6.45) is 0. The maximum absolute atomic E-state index is 11.8. The summed E-state index contributed by atoms with van der Waals surface area (Å²) in [6, 6.07) is 4.31. The average Bonchev–Trinajstić information content (AvgIpc) is 2.43. The van der Waals surface area contributed by atoms with E-state index in [-0.39, 0.29) is 29.5 Å². The summed E-state index contributed by atoms with van der Waals surface area (Å²) in [5.74, 6) is -0.617. The first kappa shape index (κ1) is 15.5. The molecule has 6 nitrogen and oxygen atoms in total. The largest absolute Gasteiger partial charge is 0.504 e. The molecule has 0 saturated carbocycles. The van der Waals surface area contributed by atoms with E-state index in [2.05, 4.69) is 10.1 Å². The van der Waals surface area contributed by atoms with E-state index in [9.17, 15) is 14.7 Å². The van der Waals surface area contributed by atoms with Crippen molar-refractivity contribution >= 4 is 34.5 Å². The van der Waals surface area contributed by atoms with Gasteiger partial charge in [-0.3, -0.25) is 9.59 Å². The van der Waals surface area contributed by atoms with E-state index in [1.54, 1.807) is 0 Å². The summed E-state index contributed by atoms with van der Waals surface area (Å²) in [5.41, 5.74) is 0.284. The van der Waals surface area contributed by atoms with Crippen LogP contribution in [0.3, 0.4) is 0 Å². The van der Waals surface area contributed by atoms with Crippen molar-refractivity contribution < 1.29 is 24.2 Å². The third kappa shape index (κ3) is 4.27. The molecule has 0 aliphatic heterocycles. The molecule has 1 aromatic carbocycles. The lowest BCUT2D eigenvalue weighted by Crippen LogP contribution is -2.33. The lowest BCUT2D eigenvalue weighted by molar-refractivity contribution is -0.139. The number of phenols is 1. The van der Waals surface area contributed by atoms with E-state index in [4.69, 9.17) is 4.74 Å². The first-order valence-electron chi connectivity index (χ1n) is 5.36. The fourth-order valence-corrected chi connectivity index (χ4v) is 1.80. The number of halogens is 1. The molecule has 1 unspecified atom stereocenters. The summed E-state index contributed by atoms with van der Waals surface area (Å²) >= 11 is 1.88. The Bertz CT molecular complexity index is 477. The number of methoxy groups -OCH3 is 2. The number of benzene rings is 1. The predicted molar refractivity (Wildman–Crippen MR) is 76.8 cm³/mol. The van der Waals surface area contributed by atoms with Gasteiger partial charge in [0, 0.05) is 12.1 Å². The van der Waals surface area contributed by atoms with E-state index in [0.29, 0.717) is 0 Å². The molecule has 0 bridgehead atoms. The van der Waals surface area contributed by atoms with Crippen molar-refractivity contribution in [2.45, 2.75) is 3.92 Å². The van der Waals surface area contributed by atoms with Crippen LogP contribution in [-0.4, -0.2) is 41.7 Å². The van der Waals surface area contributed by atoms with Crippen molar-refractivity contribution in [3.05, 3.63) is 23.8 Å². The fourth-order valence-electron chi connectivity index (χ4n) is 1.33. The smallest absolute Gasteiger partial charge is 0.320 e. The van der Waals surface area contributed by atoms with E-state index in [1.165, 1.54) is 32.4 Å². The maximum atomic E-state index is 11.8. The molecule has 0 radical (unpaired) electrons. The van der Waals surface area contributed by atoms with E-state index >= 15 is 0 Å². The molecule has 7 heteroatoms. The van der Waals surface area contributed by atoms with E-state index in [1.807, 2.05) is 22.6 Å². The van der Waals surface area contributed by atoms with Gasteiger partial charge in [-0.25, -0.2) is 0 Å². The topological polar surface area (TPSA) is 84.9 Å². The molecule has 104 valence electrons. The molecule has 0 saturated heterocycles. The lowest BCUT2D eigenvalue weighted by Gasteiger charge is -2.10. The minimum Gasteiger partial charge on any atom is -0.504 e. The minimum atomic E-state index is -0.460. The zero-order valence-electron chi connectivity index (χ0n) is 10.5. The highest BCUT2D eigenvalue weighted by Crippen LogP contribution is 2.26. The number of phenolic OH excluding ortho intramolecular Hbond substituents is 1. The molecule has 19 heavy (non-hydrogen) atoms. The Hall–Kier alpha value is -1.51. The van der Waals surface area contributed by atoms with Crippen molar-refractivity contribution in [2.24, 2.45) is 0 Å². The van der Waals surface area contributed by atoms with Gasteiger partial charge in [-0.2, -0.15) is 0 Å². The maximum Gasteiger partial charge on any atom is 0.320 e. The molecule has 0 heterocycles. The second kappa shape index (κ2) is 7.17. The van der Waals surface area contributed by atoms with Gasteiger partial charge in [0.1, 0.15) is 3.92 Å². The van der Waals surface area contributed by atoms with Gasteiger partial charge in [-0.05, 0) is 18.2 Å². The number of esters is 1. The summed E-state index contributed by atoms with van der Waals surface area (Å²) in [7, 11) is 2.71. The normalized spacial score (nSPS) is 11.5. The van der Waals surface area contributed by atoms with Crippen LogP contribution >= 0.6 is 22.6 Å². The number of carbonyl (C=O) groups is 2. The molecule has 0 aromatic heterocycles. The molecule has 0 aliphatic rings. The van der Waals surface area contributed by atoms with Crippen molar-refractivity contribution in [2.75, 3.05) is 20.8 Å². The lowest BCUT2D eigenvalue weighted by atomic mass is 10.2. The van der Waals surface area contributed by atoms with Crippen LogP contribution in [0.15, 0.2) is 18.2 Å². The van der Waals surface area contributed by atoms with Crippen molar-refractivity contribution in [1.29, 1.82) is 0 Å². The van der Waals surface area contributed by atoms with Gasteiger partial charge in [0.2, 0.25) is 0 Å². The van der Waals surface area contributed by atoms with E-state index in [0.717, 1.165) is 0 Å². The standard InChI is InChI=1S/C12H14INO5/c1-18-10-4-3-7(5-9(10)15)11(16)14-6-8(13)12(17)19-2/h3-5,8,15H,6H2,1-2H3,(H,14,16). The average molecular weight is 379 g/mol. The first-order valence-corrected chi connectivity index (χ1v) is 6.61. The number of carbonyl (C=O) groups excluding carboxylic acids is 2. The zero-order valence-corrected chi connectivity index (χ0v) is 12.6. The Morgan fingerprint density at radius 2 is 2.11 bits per heavy atom. The SMILES string of the molecule is COC(=O)C(I)CNC(=O)c1ccc(OC)c(O)c1. The van der Waals surface area contributed by atoms with Crippen LogP contribution in [0.2, 0.25) is 0 Å². The predicted octanol–water partition coefficient (Wildman–Crippen LogP) is 1.11. The van der Waals surface area contributed by atoms with Crippen LogP contribution in [-0.2, 0) is 9.53 Å².